The minimum Gasteiger partial charge on any atom is -0.395 e. The minimum atomic E-state index is -3.70. The summed E-state index contributed by atoms with van der Waals surface area (Å²) in [5.41, 5.74) is 1.90. The molecule has 142 valence electrons. The van der Waals surface area contributed by atoms with Gasteiger partial charge in [-0.25, -0.2) is 4.98 Å². The van der Waals surface area contributed by atoms with Gasteiger partial charge in [-0.3, -0.25) is 0 Å². The fraction of sp³-hybridized carbons (Fsp3) is 0.389. The van der Waals surface area contributed by atoms with Crippen molar-refractivity contribution in [2.24, 2.45) is 0 Å². The Balaban J connectivity index is 1.91. The van der Waals surface area contributed by atoms with Gasteiger partial charge in [0.2, 0.25) is 5.95 Å². The van der Waals surface area contributed by atoms with Crippen molar-refractivity contribution in [2.45, 2.75) is 39.4 Å². The SMILES string of the molecule is CCCNc1nc(-c2cccc3c2OC(F)(F)O3)nc2c(C(C)C)cnn12. The zero-order chi connectivity index (χ0) is 19.2. The van der Waals surface area contributed by atoms with Crippen LogP contribution >= 0.6 is 0 Å². The number of nitrogens with one attached hydrogen (secondary N) is 1. The van der Waals surface area contributed by atoms with Crippen molar-refractivity contribution in [3.05, 3.63) is 30.0 Å². The molecule has 7 nitrogen and oxygen atoms in total. The molecular formula is C18H19F2N5O2. The average Bonchev–Trinajstić information content (AvgIpc) is 3.18. The summed E-state index contributed by atoms with van der Waals surface area (Å²) in [7, 11) is 0. The van der Waals surface area contributed by atoms with E-state index in [0.29, 0.717) is 23.7 Å². The van der Waals surface area contributed by atoms with E-state index in [9.17, 15) is 8.78 Å². The summed E-state index contributed by atoms with van der Waals surface area (Å²) < 4.78 is 37.9. The lowest BCUT2D eigenvalue weighted by atomic mass is 10.1. The summed E-state index contributed by atoms with van der Waals surface area (Å²) in [6.45, 7) is 6.80. The first kappa shape index (κ1) is 17.4. The van der Waals surface area contributed by atoms with Crippen LogP contribution in [0.4, 0.5) is 14.7 Å². The average molecular weight is 375 g/mol. The summed E-state index contributed by atoms with van der Waals surface area (Å²) in [6.07, 6.45) is -1.06. The van der Waals surface area contributed by atoms with E-state index in [1.807, 2.05) is 20.8 Å². The fourth-order valence-electron chi connectivity index (χ4n) is 2.92. The van der Waals surface area contributed by atoms with Crippen molar-refractivity contribution < 1.29 is 18.3 Å². The monoisotopic (exact) mass is 375 g/mol. The molecule has 0 atom stereocenters. The maximum atomic E-state index is 13.5. The highest BCUT2D eigenvalue weighted by atomic mass is 19.3. The van der Waals surface area contributed by atoms with E-state index in [1.54, 1.807) is 22.8 Å². The molecule has 0 saturated carbocycles. The quantitative estimate of drug-likeness (QED) is 0.725. The van der Waals surface area contributed by atoms with Crippen LogP contribution in [0.25, 0.3) is 17.0 Å². The Morgan fingerprint density at radius 1 is 1.22 bits per heavy atom. The van der Waals surface area contributed by atoms with Gasteiger partial charge in [-0.05, 0) is 24.5 Å². The van der Waals surface area contributed by atoms with E-state index < -0.39 is 6.29 Å². The van der Waals surface area contributed by atoms with Crippen LogP contribution < -0.4 is 14.8 Å². The van der Waals surface area contributed by atoms with Gasteiger partial charge in [-0.15, -0.1) is 8.78 Å². The molecule has 1 aliphatic heterocycles. The lowest BCUT2D eigenvalue weighted by Gasteiger charge is -2.11. The van der Waals surface area contributed by atoms with E-state index in [1.165, 1.54) is 6.07 Å². The van der Waals surface area contributed by atoms with Gasteiger partial charge in [-0.1, -0.05) is 26.8 Å². The largest absolute Gasteiger partial charge is 0.586 e. The van der Waals surface area contributed by atoms with E-state index in [4.69, 9.17) is 4.74 Å². The number of hydrogen-bond acceptors (Lipinski definition) is 6. The van der Waals surface area contributed by atoms with E-state index >= 15 is 0 Å². The highest BCUT2D eigenvalue weighted by Crippen LogP contribution is 2.46. The summed E-state index contributed by atoms with van der Waals surface area (Å²) >= 11 is 0. The van der Waals surface area contributed by atoms with Gasteiger partial charge in [0, 0.05) is 12.1 Å². The highest BCUT2D eigenvalue weighted by molar-refractivity contribution is 5.72. The van der Waals surface area contributed by atoms with Crippen LogP contribution in [0.5, 0.6) is 11.5 Å². The molecule has 9 heteroatoms. The van der Waals surface area contributed by atoms with Crippen LogP contribution in [-0.2, 0) is 0 Å². The van der Waals surface area contributed by atoms with Crippen molar-refractivity contribution in [3.63, 3.8) is 0 Å². The number of ether oxygens (including phenoxy) is 2. The molecule has 3 heterocycles. The van der Waals surface area contributed by atoms with Crippen molar-refractivity contribution in [1.82, 2.24) is 19.6 Å². The minimum absolute atomic E-state index is 0.0402. The predicted octanol–water partition coefficient (Wildman–Crippen LogP) is 4.06. The molecule has 0 spiro atoms. The smallest absolute Gasteiger partial charge is 0.395 e. The molecule has 27 heavy (non-hydrogen) atoms. The van der Waals surface area contributed by atoms with Crippen molar-refractivity contribution in [2.75, 3.05) is 11.9 Å². The number of para-hydroxylation sites is 1. The lowest BCUT2D eigenvalue weighted by Crippen LogP contribution is -2.26. The highest BCUT2D eigenvalue weighted by Gasteiger charge is 2.45. The summed E-state index contributed by atoms with van der Waals surface area (Å²) in [5.74, 6) is 0.837. The third-order valence-electron chi connectivity index (χ3n) is 4.22. The molecule has 0 bridgehead atoms. The number of fused-ring (bicyclic) bond motifs is 2. The Kier molecular flexibility index (Phi) is 4.09. The van der Waals surface area contributed by atoms with Crippen LogP contribution in [0.2, 0.25) is 0 Å². The van der Waals surface area contributed by atoms with Crippen LogP contribution in [-0.4, -0.2) is 32.4 Å². The molecule has 0 radical (unpaired) electrons. The number of anilines is 1. The molecule has 0 aliphatic carbocycles. The Morgan fingerprint density at radius 2 is 2.04 bits per heavy atom. The lowest BCUT2D eigenvalue weighted by molar-refractivity contribution is -0.286. The van der Waals surface area contributed by atoms with Gasteiger partial charge in [0.15, 0.2) is 23.0 Å². The second-order valence-electron chi connectivity index (χ2n) is 6.59. The molecule has 4 rings (SSSR count). The van der Waals surface area contributed by atoms with Crippen LogP contribution in [0.15, 0.2) is 24.4 Å². The first-order valence-electron chi connectivity index (χ1n) is 8.78. The second kappa shape index (κ2) is 6.33. The second-order valence-corrected chi connectivity index (χ2v) is 6.59. The van der Waals surface area contributed by atoms with Gasteiger partial charge in [0.05, 0.1) is 11.8 Å². The molecule has 1 N–H and O–H groups in total. The first-order valence-corrected chi connectivity index (χ1v) is 8.78. The third kappa shape index (κ3) is 3.02. The fourth-order valence-corrected chi connectivity index (χ4v) is 2.92. The Labute approximate surface area is 154 Å². The molecule has 0 amide bonds. The number of benzene rings is 1. The Morgan fingerprint density at radius 3 is 2.78 bits per heavy atom. The standard InChI is InChI=1S/C18H19F2N5O2/c1-4-8-21-17-24-15(23-16-12(10(2)3)9-22-25(16)17)11-6-5-7-13-14(11)27-18(19,20)26-13/h5-7,9-10H,4,8H2,1-3H3,(H,21,23,24). The third-order valence-corrected chi connectivity index (χ3v) is 4.22. The van der Waals surface area contributed by atoms with Gasteiger partial charge in [0.1, 0.15) is 0 Å². The van der Waals surface area contributed by atoms with E-state index in [2.05, 4.69) is 25.1 Å². The zero-order valence-corrected chi connectivity index (χ0v) is 15.2. The first-order chi connectivity index (χ1) is 12.9. The van der Waals surface area contributed by atoms with Gasteiger partial charge in [-0.2, -0.15) is 14.6 Å². The normalized spacial score (nSPS) is 14.9. The van der Waals surface area contributed by atoms with E-state index in [0.717, 1.165) is 12.0 Å². The maximum absolute atomic E-state index is 13.5. The predicted molar refractivity (Wildman–Crippen MR) is 95.3 cm³/mol. The van der Waals surface area contributed by atoms with Crippen LogP contribution in [0, 0.1) is 0 Å². The molecule has 1 aromatic carbocycles. The van der Waals surface area contributed by atoms with Crippen molar-refractivity contribution in [1.29, 1.82) is 0 Å². The molecule has 3 aromatic rings. The number of hydrogen-bond donors (Lipinski definition) is 1. The Bertz CT molecular complexity index is 1000. The van der Waals surface area contributed by atoms with E-state index in [-0.39, 0.29) is 23.2 Å². The summed E-state index contributed by atoms with van der Waals surface area (Å²) in [6, 6.07) is 4.66. The van der Waals surface area contributed by atoms with Gasteiger partial charge in [0.25, 0.3) is 0 Å². The summed E-state index contributed by atoms with van der Waals surface area (Å²) in [4.78, 5) is 9.09. The molecule has 2 aromatic heterocycles. The topological polar surface area (TPSA) is 73.6 Å². The van der Waals surface area contributed by atoms with Gasteiger partial charge < -0.3 is 14.8 Å². The van der Waals surface area contributed by atoms with Crippen LogP contribution in [0.3, 0.4) is 0 Å². The molecule has 0 fully saturated rings. The van der Waals surface area contributed by atoms with Crippen molar-refractivity contribution in [3.8, 4) is 22.9 Å². The number of alkyl halides is 2. The van der Waals surface area contributed by atoms with Crippen molar-refractivity contribution >= 4 is 11.6 Å². The Hall–Kier alpha value is -2.97. The molecule has 0 saturated heterocycles. The van der Waals surface area contributed by atoms with Gasteiger partial charge >= 0.3 is 6.29 Å². The zero-order valence-electron chi connectivity index (χ0n) is 15.2. The molecule has 1 aliphatic rings. The molecule has 0 unspecified atom stereocenters. The van der Waals surface area contributed by atoms with Crippen LogP contribution in [0.1, 0.15) is 38.7 Å². The maximum Gasteiger partial charge on any atom is 0.586 e. The number of rotatable bonds is 5. The summed E-state index contributed by atoms with van der Waals surface area (Å²) in [5, 5.41) is 7.59. The number of aromatic nitrogens is 4. The number of nitrogens with zero attached hydrogens (tertiary/aromatic N) is 4. The molecular weight excluding hydrogens is 356 g/mol. The number of halogens is 2.